The molecule has 1 aromatic carbocycles. The zero-order chi connectivity index (χ0) is 22.3. The summed E-state index contributed by atoms with van der Waals surface area (Å²) in [5.41, 5.74) is 3.53. The maximum atomic E-state index is 5.74. The highest BCUT2D eigenvalue weighted by molar-refractivity contribution is 5.83. The number of piperidine rings is 1. The monoisotopic (exact) mass is 436 g/mol. The second-order valence-electron chi connectivity index (χ2n) is 8.72. The molecule has 0 atom stereocenters. The number of para-hydroxylation sites is 1. The van der Waals surface area contributed by atoms with Gasteiger partial charge in [-0.2, -0.15) is 0 Å². The first-order valence-corrected chi connectivity index (χ1v) is 11.8. The largest absolute Gasteiger partial charge is 0.444 e. The Morgan fingerprint density at radius 3 is 2.78 bits per heavy atom. The molecule has 3 heterocycles. The van der Waals surface area contributed by atoms with E-state index in [1.54, 1.807) is 0 Å². The van der Waals surface area contributed by atoms with Crippen molar-refractivity contribution in [3.05, 3.63) is 53.4 Å². The van der Waals surface area contributed by atoms with Crippen molar-refractivity contribution >= 4 is 16.9 Å². The van der Waals surface area contributed by atoms with E-state index in [9.17, 15) is 0 Å². The number of guanidine groups is 1. The number of rotatable bonds is 8. The third-order valence-electron chi connectivity index (χ3n) is 6.35. The molecule has 32 heavy (non-hydrogen) atoms. The number of H-pyrrole nitrogens is 1. The van der Waals surface area contributed by atoms with Crippen molar-refractivity contribution in [2.24, 2.45) is 10.9 Å². The minimum atomic E-state index is 0.628. The summed E-state index contributed by atoms with van der Waals surface area (Å²) >= 11 is 0. The first-order valence-electron chi connectivity index (χ1n) is 11.8. The minimum Gasteiger partial charge on any atom is -0.444 e. The van der Waals surface area contributed by atoms with Crippen LogP contribution in [0.3, 0.4) is 0 Å². The smallest absolute Gasteiger partial charge is 0.208 e. The molecule has 0 unspecified atom stereocenters. The predicted octanol–water partition coefficient (Wildman–Crippen LogP) is 3.78. The Morgan fingerprint density at radius 2 is 2.03 bits per heavy atom. The second-order valence-corrected chi connectivity index (χ2v) is 8.72. The maximum Gasteiger partial charge on any atom is 0.208 e. The van der Waals surface area contributed by atoms with E-state index in [0.717, 1.165) is 81.8 Å². The number of likely N-dealkylation sites (tertiary alicyclic amines) is 1. The fourth-order valence-corrected chi connectivity index (χ4v) is 4.34. The first kappa shape index (κ1) is 22.4. The van der Waals surface area contributed by atoms with Gasteiger partial charge in [0.2, 0.25) is 5.89 Å². The third-order valence-corrected chi connectivity index (χ3v) is 6.35. The van der Waals surface area contributed by atoms with Crippen LogP contribution in [0.2, 0.25) is 0 Å². The summed E-state index contributed by atoms with van der Waals surface area (Å²) in [7, 11) is 0. The third kappa shape index (κ3) is 5.71. The van der Waals surface area contributed by atoms with E-state index < -0.39 is 0 Å². The molecule has 3 aromatic rings. The molecule has 3 N–H and O–H groups in total. The molecule has 0 saturated carbocycles. The fraction of sp³-hybridized carbons (Fsp3) is 0.520. The van der Waals surface area contributed by atoms with Crippen LogP contribution in [0.1, 0.15) is 42.7 Å². The second kappa shape index (κ2) is 10.7. The summed E-state index contributed by atoms with van der Waals surface area (Å²) < 4.78 is 5.74. The van der Waals surface area contributed by atoms with Crippen molar-refractivity contribution in [3.63, 3.8) is 0 Å². The first-order chi connectivity index (χ1) is 15.6. The summed E-state index contributed by atoms with van der Waals surface area (Å²) in [6.45, 7) is 11.6. The van der Waals surface area contributed by atoms with E-state index >= 15 is 0 Å². The SMILES string of the molecule is CCNC(=NCC1CCN(Cc2nc(C)c(C)o2)CC1)NCCc1c[nH]c2ccccc12. The van der Waals surface area contributed by atoms with E-state index in [1.165, 1.54) is 16.5 Å². The topological polar surface area (TPSA) is 81.5 Å². The molecule has 1 aliphatic heterocycles. The van der Waals surface area contributed by atoms with Gasteiger partial charge in [0.25, 0.3) is 0 Å². The highest BCUT2D eigenvalue weighted by Gasteiger charge is 2.21. The lowest BCUT2D eigenvalue weighted by Crippen LogP contribution is -2.39. The quantitative estimate of drug-likeness (QED) is 0.370. The Balaban J connectivity index is 1.22. The van der Waals surface area contributed by atoms with Crippen LogP contribution < -0.4 is 10.6 Å². The molecule has 7 nitrogen and oxygen atoms in total. The molecule has 1 fully saturated rings. The van der Waals surface area contributed by atoms with E-state index in [-0.39, 0.29) is 0 Å². The van der Waals surface area contributed by atoms with Crippen LogP contribution in [0.4, 0.5) is 0 Å². The zero-order valence-electron chi connectivity index (χ0n) is 19.6. The molecular formula is C25H36N6O. The van der Waals surface area contributed by atoms with Crippen molar-refractivity contribution in [2.75, 3.05) is 32.7 Å². The molecule has 7 heteroatoms. The molecular weight excluding hydrogens is 400 g/mol. The van der Waals surface area contributed by atoms with Gasteiger partial charge >= 0.3 is 0 Å². The lowest BCUT2D eigenvalue weighted by molar-refractivity contribution is 0.166. The van der Waals surface area contributed by atoms with Gasteiger partial charge in [-0.15, -0.1) is 0 Å². The van der Waals surface area contributed by atoms with Crippen LogP contribution in [0.5, 0.6) is 0 Å². The molecule has 0 spiro atoms. The van der Waals surface area contributed by atoms with E-state index in [1.807, 2.05) is 13.8 Å². The number of nitrogens with one attached hydrogen (secondary N) is 3. The van der Waals surface area contributed by atoms with Crippen LogP contribution in [-0.4, -0.2) is 53.6 Å². The summed E-state index contributed by atoms with van der Waals surface area (Å²) in [4.78, 5) is 15.2. The van der Waals surface area contributed by atoms with Crippen molar-refractivity contribution < 1.29 is 4.42 Å². The Hall–Kier alpha value is -2.80. The molecule has 0 aliphatic carbocycles. The number of aryl methyl sites for hydroxylation is 2. The van der Waals surface area contributed by atoms with Gasteiger partial charge < -0.3 is 20.0 Å². The van der Waals surface area contributed by atoms with Gasteiger partial charge in [-0.25, -0.2) is 4.98 Å². The summed E-state index contributed by atoms with van der Waals surface area (Å²) in [5, 5.41) is 8.20. The molecule has 172 valence electrons. The molecule has 0 bridgehead atoms. The van der Waals surface area contributed by atoms with Gasteiger partial charge in [0, 0.05) is 36.7 Å². The number of nitrogens with zero attached hydrogens (tertiary/aromatic N) is 3. The van der Waals surface area contributed by atoms with Gasteiger partial charge in [0.05, 0.1) is 12.2 Å². The fourth-order valence-electron chi connectivity index (χ4n) is 4.34. The lowest BCUT2D eigenvalue weighted by atomic mass is 9.97. The average Bonchev–Trinajstić information content (AvgIpc) is 3.35. The van der Waals surface area contributed by atoms with E-state index in [0.29, 0.717) is 5.92 Å². The molecule has 0 radical (unpaired) electrons. The molecule has 0 amide bonds. The average molecular weight is 437 g/mol. The molecule has 1 saturated heterocycles. The number of oxazole rings is 1. The van der Waals surface area contributed by atoms with E-state index in [4.69, 9.17) is 9.41 Å². The van der Waals surface area contributed by atoms with Gasteiger partial charge in [0.1, 0.15) is 5.76 Å². The standard InChI is InChI=1S/C25H36N6O/c1-4-26-25(27-12-9-21-16-28-23-8-6-5-7-22(21)23)29-15-20-10-13-31(14-11-20)17-24-30-18(2)19(3)32-24/h5-8,16,20,28H,4,9-15,17H2,1-3H3,(H2,26,27,29). The maximum absolute atomic E-state index is 5.74. The van der Waals surface area contributed by atoms with Crippen LogP contribution in [0, 0.1) is 19.8 Å². The van der Waals surface area contributed by atoms with Gasteiger partial charge in [0.15, 0.2) is 5.96 Å². The zero-order valence-corrected chi connectivity index (χ0v) is 19.6. The summed E-state index contributed by atoms with van der Waals surface area (Å²) in [6, 6.07) is 8.46. The Bertz CT molecular complexity index is 1010. The van der Waals surface area contributed by atoms with Gasteiger partial charge in [-0.05, 0) is 70.7 Å². The van der Waals surface area contributed by atoms with Crippen molar-refractivity contribution in [1.82, 2.24) is 25.5 Å². The van der Waals surface area contributed by atoms with Crippen molar-refractivity contribution in [2.45, 2.75) is 46.6 Å². The van der Waals surface area contributed by atoms with Crippen molar-refractivity contribution in [3.8, 4) is 0 Å². The Morgan fingerprint density at radius 1 is 1.22 bits per heavy atom. The highest BCUT2D eigenvalue weighted by Crippen LogP contribution is 2.20. The van der Waals surface area contributed by atoms with Crippen LogP contribution in [-0.2, 0) is 13.0 Å². The van der Waals surface area contributed by atoms with E-state index in [2.05, 4.69) is 62.9 Å². The summed E-state index contributed by atoms with van der Waals surface area (Å²) in [5.74, 6) is 3.31. The highest BCUT2D eigenvalue weighted by atomic mass is 16.4. The number of aliphatic imine (C=N–C) groups is 1. The number of aromatic amines is 1. The van der Waals surface area contributed by atoms with Crippen LogP contribution in [0.25, 0.3) is 10.9 Å². The van der Waals surface area contributed by atoms with Gasteiger partial charge in [-0.1, -0.05) is 18.2 Å². The number of aromatic nitrogens is 2. The van der Waals surface area contributed by atoms with Crippen molar-refractivity contribution in [1.29, 1.82) is 0 Å². The number of hydrogen-bond donors (Lipinski definition) is 3. The van der Waals surface area contributed by atoms with Crippen LogP contribution in [0.15, 0.2) is 39.9 Å². The number of hydrogen-bond acceptors (Lipinski definition) is 4. The molecule has 4 rings (SSSR count). The lowest BCUT2D eigenvalue weighted by Gasteiger charge is -2.30. The molecule has 2 aromatic heterocycles. The predicted molar refractivity (Wildman–Crippen MR) is 130 cm³/mol. The summed E-state index contributed by atoms with van der Waals surface area (Å²) in [6.07, 6.45) is 5.41. The number of benzene rings is 1. The molecule has 1 aliphatic rings. The minimum absolute atomic E-state index is 0.628. The van der Waals surface area contributed by atoms with Gasteiger partial charge in [-0.3, -0.25) is 9.89 Å². The van der Waals surface area contributed by atoms with Crippen LogP contribution >= 0.6 is 0 Å². The number of fused-ring (bicyclic) bond motifs is 1. The normalized spacial score (nSPS) is 16.0. The Labute approximate surface area is 190 Å². The Kier molecular flexibility index (Phi) is 7.47.